The number of ether oxygens (including phenoxy) is 1. The molecule has 0 aliphatic rings. The minimum absolute atomic E-state index is 0.102. The summed E-state index contributed by atoms with van der Waals surface area (Å²) in [5.41, 5.74) is -2.73. The molecule has 1 atom stereocenters. The van der Waals surface area contributed by atoms with Gasteiger partial charge in [-0.25, -0.2) is 8.42 Å². The number of alkyl halides is 4. The fraction of sp³-hybridized carbons (Fsp3) is 0.429. The summed E-state index contributed by atoms with van der Waals surface area (Å²) in [6.45, 7) is 0.831. The van der Waals surface area contributed by atoms with Crippen molar-refractivity contribution in [3.8, 4) is 0 Å². The molecular formula is C14H14ClF3O5S. The molecule has 1 aromatic rings. The summed E-state index contributed by atoms with van der Waals surface area (Å²) in [5.74, 6) is -3.00. The molecule has 0 aliphatic heterocycles. The molecule has 1 rings (SSSR count). The average molecular weight is 387 g/mol. The zero-order valence-electron chi connectivity index (χ0n) is 12.7. The molecular weight excluding hydrogens is 373 g/mol. The van der Waals surface area contributed by atoms with Gasteiger partial charge in [-0.3, -0.25) is 9.59 Å². The highest BCUT2D eigenvalue weighted by atomic mass is 35.5. The van der Waals surface area contributed by atoms with Crippen LogP contribution in [0.1, 0.15) is 23.7 Å². The van der Waals surface area contributed by atoms with Crippen molar-refractivity contribution < 1.29 is 35.9 Å². The van der Waals surface area contributed by atoms with Gasteiger partial charge in [0.05, 0.1) is 11.3 Å². The highest BCUT2D eigenvalue weighted by molar-refractivity contribution is 7.90. The standard InChI is InChI=1S/C14H14ClF3O5S/c1-13(8-14(16,17)18,23-11(19)7-15)12(20)9-3-5-10(6-4-9)24(2,21)22/h3-6H,7-8H2,1-2H3/t13-/m1/s1. The largest absolute Gasteiger partial charge is 0.450 e. The van der Waals surface area contributed by atoms with Gasteiger partial charge in [0.25, 0.3) is 0 Å². The first kappa shape index (κ1) is 20.4. The molecule has 0 heterocycles. The first-order valence-electron chi connectivity index (χ1n) is 6.48. The van der Waals surface area contributed by atoms with Crippen molar-refractivity contribution in [2.24, 2.45) is 0 Å². The molecule has 0 unspecified atom stereocenters. The number of sulfone groups is 1. The smallest absolute Gasteiger partial charge is 0.393 e. The normalized spacial score (nSPS) is 14.8. The Hall–Kier alpha value is -1.61. The number of rotatable bonds is 6. The van der Waals surface area contributed by atoms with Gasteiger partial charge < -0.3 is 4.74 Å². The molecule has 0 fully saturated rings. The maximum absolute atomic E-state index is 12.7. The molecule has 0 bridgehead atoms. The molecule has 0 aliphatic carbocycles. The van der Waals surface area contributed by atoms with Crippen LogP contribution in [-0.4, -0.2) is 44.1 Å². The number of benzene rings is 1. The Morgan fingerprint density at radius 2 is 1.67 bits per heavy atom. The molecule has 10 heteroatoms. The van der Waals surface area contributed by atoms with E-state index in [4.69, 9.17) is 11.6 Å². The van der Waals surface area contributed by atoms with E-state index in [1.165, 1.54) is 0 Å². The SMILES string of the molecule is C[C@](CC(F)(F)F)(OC(=O)CCl)C(=O)c1ccc(S(C)(=O)=O)cc1. The maximum Gasteiger partial charge on any atom is 0.393 e. The molecule has 0 radical (unpaired) electrons. The van der Waals surface area contributed by atoms with Crippen molar-refractivity contribution in [3.05, 3.63) is 29.8 Å². The zero-order valence-corrected chi connectivity index (χ0v) is 14.3. The van der Waals surface area contributed by atoms with Crippen LogP contribution in [0.15, 0.2) is 29.2 Å². The lowest BCUT2D eigenvalue weighted by Crippen LogP contribution is -2.44. The highest BCUT2D eigenvalue weighted by Gasteiger charge is 2.47. The van der Waals surface area contributed by atoms with Crippen LogP contribution in [0.5, 0.6) is 0 Å². The van der Waals surface area contributed by atoms with Gasteiger partial charge >= 0.3 is 12.1 Å². The summed E-state index contributed by atoms with van der Waals surface area (Å²) in [4.78, 5) is 23.6. The van der Waals surface area contributed by atoms with Gasteiger partial charge in [0.2, 0.25) is 5.78 Å². The first-order chi connectivity index (χ1) is 10.8. The molecule has 0 aromatic heterocycles. The second-order valence-corrected chi connectivity index (χ2v) is 7.54. The quantitative estimate of drug-likeness (QED) is 0.427. The van der Waals surface area contributed by atoms with E-state index in [-0.39, 0.29) is 10.5 Å². The summed E-state index contributed by atoms with van der Waals surface area (Å²) >= 11 is 5.22. The zero-order chi connectivity index (χ0) is 18.8. The summed E-state index contributed by atoms with van der Waals surface area (Å²) in [6.07, 6.45) is -5.53. The van der Waals surface area contributed by atoms with Gasteiger partial charge in [-0.1, -0.05) is 0 Å². The van der Waals surface area contributed by atoms with Crippen molar-refractivity contribution in [2.75, 3.05) is 12.1 Å². The first-order valence-corrected chi connectivity index (χ1v) is 8.90. The van der Waals surface area contributed by atoms with E-state index in [1.54, 1.807) is 0 Å². The van der Waals surface area contributed by atoms with E-state index in [1.807, 2.05) is 0 Å². The molecule has 5 nitrogen and oxygen atoms in total. The fourth-order valence-electron chi connectivity index (χ4n) is 1.98. The topological polar surface area (TPSA) is 77.5 Å². The van der Waals surface area contributed by atoms with Crippen LogP contribution in [0.2, 0.25) is 0 Å². The van der Waals surface area contributed by atoms with Gasteiger partial charge in [-0.2, -0.15) is 13.2 Å². The Morgan fingerprint density at radius 1 is 1.17 bits per heavy atom. The Bertz CT molecular complexity index is 728. The monoisotopic (exact) mass is 386 g/mol. The van der Waals surface area contributed by atoms with Crippen LogP contribution in [0.25, 0.3) is 0 Å². The summed E-state index contributed by atoms with van der Waals surface area (Å²) in [7, 11) is -3.53. The van der Waals surface area contributed by atoms with Gasteiger partial charge in [-0.05, 0) is 31.2 Å². The minimum Gasteiger partial charge on any atom is -0.450 e. The molecule has 0 saturated heterocycles. The molecule has 0 amide bonds. The predicted octanol–water partition coefficient (Wildman–Crippen LogP) is 2.77. The lowest BCUT2D eigenvalue weighted by molar-refractivity contribution is -0.181. The minimum atomic E-state index is -4.77. The number of ketones is 1. The Kier molecular flexibility index (Phi) is 6.05. The summed E-state index contributed by atoms with van der Waals surface area (Å²) in [5, 5.41) is 0. The van der Waals surface area contributed by atoms with E-state index >= 15 is 0 Å². The number of esters is 1. The van der Waals surface area contributed by atoms with Crippen molar-refractivity contribution in [1.29, 1.82) is 0 Å². The van der Waals surface area contributed by atoms with Crippen molar-refractivity contribution in [1.82, 2.24) is 0 Å². The molecule has 24 heavy (non-hydrogen) atoms. The van der Waals surface area contributed by atoms with Crippen LogP contribution >= 0.6 is 11.6 Å². The molecule has 134 valence electrons. The van der Waals surface area contributed by atoms with Crippen LogP contribution in [-0.2, 0) is 19.4 Å². The lowest BCUT2D eigenvalue weighted by atomic mass is 9.91. The summed E-state index contributed by atoms with van der Waals surface area (Å²) in [6, 6.07) is 4.28. The van der Waals surface area contributed by atoms with Crippen LogP contribution in [0.3, 0.4) is 0 Å². The average Bonchev–Trinajstić information content (AvgIpc) is 2.43. The van der Waals surface area contributed by atoms with Gasteiger partial charge in [0.15, 0.2) is 15.4 Å². The van der Waals surface area contributed by atoms with Crippen LogP contribution in [0, 0.1) is 0 Å². The Morgan fingerprint density at radius 3 is 2.04 bits per heavy atom. The fourth-order valence-corrected chi connectivity index (χ4v) is 2.67. The molecule has 1 aromatic carbocycles. The lowest BCUT2D eigenvalue weighted by Gasteiger charge is -2.29. The van der Waals surface area contributed by atoms with E-state index < -0.39 is 45.7 Å². The number of hydrogen-bond acceptors (Lipinski definition) is 5. The second-order valence-electron chi connectivity index (χ2n) is 5.26. The second kappa shape index (κ2) is 7.10. The number of carbonyl (C=O) groups excluding carboxylic acids is 2. The van der Waals surface area contributed by atoms with Gasteiger partial charge in [0.1, 0.15) is 5.88 Å². The third kappa shape index (κ3) is 5.48. The van der Waals surface area contributed by atoms with Crippen LogP contribution < -0.4 is 0 Å². The van der Waals surface area contributed by atoms with Crippen LogP contribution in [0.4, 0.5) is 13.2 Å². The van der Waals surface area contributed by atoms with E-state index in [0.717, 1.165) is 37.4 Å². The Labute approximate surface area is 141 Å². The van der Waals surface area contributed by atoms with Crippen molar-refractivity contribution >= 4 is 33.2 Å². The van der Waals surface area contributed by atoms with Crippen molar-refractivity contribution in [3.63, 3.8) is 0 Å². The van der Waals surface area contributed by atoms with Gasteiger partial charge in [0, 0.05) is 11.8 Å². The van der Waals surface area contributed by atoms with E-state index in [0.29, 0.717) is 0 Å². The number of hydrogen-bond donors (Lipinski definition) is 0. The number of Topliss-reactive ketones (excluding diaryl/α,β-unsaturated/α-hetero) is 1. The van der Waals surface area contributed by atoms with E-state index in [2.05, 4.69) is 4.74 Å². The molecule has 0 N–H and O–H groups in total. The Balaban J connectivity index is 3.22. The van der Waals surface area contributed by atoms with Gasteiger partial charge in [-0.15, -0.1) is 11.6 Å². The van der Waals surface area contributed by atoms with E-state index in [9.17, 15) is 31.2 Å². The summed E-state index contributed by atoms with van der Waals surface area (Å²) < 4.78 is 65.6. The number of halogens is 4. The third-order valence-corrected chi connectivity index (χ3v) is 4.36. The predicted molar refractivity (Wildman–Crippen MR) is 79.8 cm³/mol. The van der Waals surface area contributed by atoms with Crippen molar-refractivity contribution in [2.45, 2.75) is 30.0 Å². The maximum atomic E-state index is 12.7. The number of carbonyl (C=O) groups is 2. The third-order valence-electron chi connectivity index (χ3n) is 3.01. The molecule has 0 saturated carbocycles. The molecule has 0 spiro atoms. The highest BCUT2D eigenvalue weighted by Crippen LogP contribution is 2.33.